The van der Waals surface area contributed by atoms with Crippen molar-refractivity contribution in [3.8, 4) is 11.4 Å². The Hall–Kier alpha value is -4.49. The van der Waals surface area contributed by atoms with Crippen molar-refractivity contribution in [3.05, 3.63) is 120 Å². The van der Waals surface area contributed by atoms with Gasteiger partial charge in [0.05, 0.1) is 11.4 Å². The number of pyridine rings is 1. The standard InChI is InChI=1S/C37H45FN6/c1-10-13-32(28-16-27(17-30(38)18-28)24(6)14-15-44(8)9)33-21-35(41-25(33)7)36-34-20-29(22-39-37(34)43-42-36)26(11-2)19-31(12-3)40-23(4)5/h10-13,16-24,40-41H,1,3,14-15H2,2,4-9H3,(H,39,42,43)/b26-11+,31-19+,32-13-. The molecule has 3 aromatic heterocycles. The average molecular weight is 593 g/mol. The molecule has 0 aliphatic rings. The van der Waals surface area contributed by atoms with Crippen molar-refractivity contribution in [3.63, 3.8) is 0 Å². The predicted octanol–water partition coefficient (Wildman–Crippen LogP) is 8.54. The second kappa shape index (κ2) is 14.3. The molecule has 1 aromatic carbocycles. The topological polar surface area (TPSA) is 72.6 Å². The van der Waals surface area contributed by atoms with Crippen LogP contribution in [0.2, 0.25) is 0 Å². The average Bonchev–Trinajstić information content (AvgIpc) is 3.58. The Kier molecular flexibility index (Phi) is 10.6. The van der Waals surface area contributed by atoms with Gasteiger partial charge in [-0.1, -0.05) is 44.4 Å². The Labute approximate surface area is 261 Å². The molecule has 0 amide bonds. The molecule has 0 fully saturated rings. The van der Waals surface area contributed by atoms with Crippen LogP contribution in [0.4, 0.5) is 4.39 Å². The van der Waals surface area contributed by atoms with E-state index in [1.165, 1.54) is 0 Å². The summed E-state index contributed by atoms with van der Waals surface area (Å²) in [6.07, 6.45) is 12.4. The van der Waals surface area contributed by atoms with Gasteiger partial charge in [-0.05, 0) is 119 Å². The molecule has 1 unspecified atom stereocenters. The highest BCUT2D eigenvalue weighted by Gasteiger charge is 2.18. The fourth-order valence-electron chi connectivity index (χ4n) is 5.36. The van der Waals surface area contributed by atoms with Gasteiger partial charge in [0.25, 0.3) is 0 Å². The number of nitrogens with zero attached hydrogens (tertiary/aromatic N) is 3. The lowest BCUT2D eigenvalue weighted by atomic mass is 9.91. The van der Waals surface area contributed by atoms with Crippen molar-refractivity contribution in [1.29, 1.82) is 0 Å². The summed E-state index contributed by atoms with van der Waals surface area (Å²) < 4.78 is 15.0. The molecule has 230 valence electrons. The van der Waals surface area contributed by atoms with Gasteiger partial charge < -0.3 is 15.2 Å². The van der Waals surface area contributed by atoms with Crippen LogP contribution in [-0.2, 0) is 0 Å². The number of H-pyrrole nitrogens is 2. The fraction of sp³-hybridized carbons (Fsp3) is 0.297. The number of fused-ring (bicyclic) bond motifs is 1. The van der Waals surface area contributed by atoms with Crippen LogP contribution in [-0.4, -0.2) is 51.7 Å². The molecular formula is C37H45FN6. The third kappa shape index (κ3) is 7.53. The molecule has 0 spiro atoms. The van der Waals surface area contributed by atoms with E-state index in [-0.39, 0.29) is 17.8 Å². The minimum atomic E-state index is -0.243. The molecule has 1 atom stereocenters. The number of aromatic amines is 2. The zero-order chi connectivity index (χ0) is 32.0. The largest absolute Gasteiger partial charge is 0.383 e. The van der Waals surface area contributed by atoms with Crippen LogP contribution < -0.4 is 5.32 Å². The molecule has 0 saturated heterocycles. The van der Waals surface area contributed by atoms with Gasteiger partial charge >= 0.3 is 0 Å². The van der Waals surface area contributed by atoms with E-state index >= 15 is 0 Å². The summed E-state index contributed by atoms with van der Waals surface area (Å²) in [5.41, 5.74) is 9.91. The Balaban J connectivity index is 1.75. The first-order chi connectivity index (χ1) is 21.0. The van der Waals surface area contributed by atoms with Gasteiger partial charge in [0.1, 0.15) is 5.82 Å². The molecule has 4 rings (SSSR count). The lowest BCUT2D eigenvalue weighted by Crippen LogP contribution is -2.20. The second-order valence-corrected chi connectivity index (χ2v) is 11.8. The molecule has 0 aliphatic carbocycles. The molecule has 3 N–H and O–H groups in total. The van der Waals surface area contributed by atoms with Crippen LogP contribution >= 0.6 is 0 Å². The smallest absolute Gasteiger partial charge is 0.181 e. The summed E-state index contributed by atoms with van der Waals surface area (Å²) in [5.74, 6) is -0.0221. The Morgan fingerprint density at radius 3 is 2.52 bits per heavy atom. The maximum Gasteiger partial charge on any atom is 0.181 e. The van der Waals surface area contributed by atoms with Crippen LogP contribution in [0, 0.1) is 12.7 Å². The first kappa shape index (κ1) is 32.4. The zero-order valence-electron chi connectivity index (χ0n) is 27.1. The molecule has 44 heavy (non-hydrogen) atoms. The van der Waals surface area contributed by atoms with Crippen molar-refractivity contribution >= 4 is 22.2 Å². The highest BCUT2D eigenvalue weighted by Crippen LogP contribution is 2.35. The molecule has 0 aliphatic heterocycles. The second-order valence-electron chi connectivity index (χ2n) is 11.8. The lowest BCUT2D eigenvalue weighted by Gasteiger charge is -2.17. The summed E-state index contributed by atoms with van der Waals surface area (Å²) in [5, 5.41) is 12.0. The number of hydrogen-bond acceptors (Lipinski definition) is 4. The summed E-state index contributed by atoms with van der Waals surface area (Å²) in [6, 6.07) is 9.83. The Morgan fingerprint density at radius 2 is 1.86 bits per heavy atom. The van der Waals surface area contributed by atoms with E-state index in [4.69, 9.17) is 0 Å². The number of rotatable bonds is 13. The minimum absolute atomic E-state index is 0.221. The minimum Gasteiger partial charge on any atom is -0.383 e. The van der Waals surface area contributed by atoms with E-state index in [1.807, 2.05) is 32.2 Å². The van der Waals surface area contributed by atoms with Crippen LogP contribution in [0.5, 0.6) is 0 Å². The number of aromatic nitrogens is 4. The Morgan fingerprint density at radius 1 is 1.09 bits per heavy atom. The van der Waals surface area contributed by atoms with Crippen molar-refractivity contribution in [2.24, 2.45) is 0 Å². The first-order valence-corrected chi connectivity index (χ1v) is 15.1. The third-order valence-corrected chi connectivity index (χ3v) is 7.71. The van der Waals surface area contributed by atoms with Crippen molar-refractivity contribution in [2.45, 2.75) is 53.0 Å². The first-order valence-electron chi connectivity index (χ1n) is 15.1. The SMILES string of the molecule is C=C/C=C(/c1cc(F)cc(C(C)CCN(C)C)c1)c1cc(-c2[nH]nc3ncc(C(/C=C(\C=C)NC(C)C)=C/C)cc23)[nH]c1C. The van der Waals surface area contributed by atoms with Gasteiger partial charge in [0.15, 0.2) is 5.65 Å². The van der Waals surface area contributed by atoms with E-state index in [1.54, 1.807) is 18.2 Å². The Bertz CT molecular complexity index is 1730. The van der Waals surface area contributed by atoms with Crippen LogP contribution in [0.15, 0.2) is 85.8 Å². The molecular weight excluding hydrogens is 547 g/mol. The highest BCUT2D eigenvalue weighted by atomic mass is 19.1. The van der Waals surface area contributed by atoms with Crippen molar-refractivity contribution in [2.75, 3.05) is 20.6 Å². The summed E-state index contributed by atoms with van der Waals surface area (Å²) >= 11 is 0. The van der Waals surface area contributed by atoms with Gasteiger partial charge in [-0.25, -0.2) is 9.37 Å². The molecule has 7 heteroatoms. The maximum atomic E-state index is 15.0. The number of aryl methyl sites for hydroxylation is 1. The van der Waals surface area contributed by atoms with Gasteiger partial charge in [-0.3, -0.25) is 5.10 Å². The molecule has 0 saturated carbocycles. The van der Waals surface area contributed by atoms with E-state index < -0.39 is 0 Å². The molecule has 0 bridgehead atoms. The van der Waals surface area contributed by atoms with E-state index in [2.05, 4.69) is 109 Å². The fourth-order valence-corrected chi connectivity index (χ4v) is 5.36. The number of benzene rings is 1. The maximum absolute atomic E-state index is 15.0. The van der Waals surface area contributed by atoms with Crippen LogP contribution in [0.3, 0.4) is 0 Å². The molecule has 4 aromatic rings. The van der Waals surface area contributed by atoms with Gasteiger partial charge in [-0.15, -0.1) is 0 Å². The van der Waals surface area contributed by atoms with Gasteiger partial charge in [0.2, 0.25) is 0 Å². The van der Waals surface area contributed by atoms with E-state index in [9.17, 15) is 4.39 Å². The van der Waals surface area contributed by atoms with Crippen molar-refractivity contribution < 1.29 is 4.39 Å². The van der Waals surface area contributed by atoms with Crippen LogP contribution in [0.1, 0.15) is 68.0 Å². The lowest BCUT2D eigenvalue weighted by molar-refractivity contribution is 0.386. The summed E-state index contributed by atoms with van der Waals surface area (Å²) in [6.45, 7) is 19.2. The van der Waals surface area contributed by atoms with Gasteiger partial charge in [0, 0.05) is 40.1 Å². The number of allylic oxidation sites excluding steroid dienone is 6. The molecule has 3 heterocycles. The van der Waals surface area contributed by atoms with Crippen molar-refractivity contribution in [1.82, 2.24) is 30.4 Å². The van der Waals surface area contributed by atoms with Gasteiger partial charge in [-0.2, -0.15) is 5.10 Å². The van der Waals surface area contributed by atoms with E-state index in [0.29, 0.717) is 5.65 Å². The zero-order valence-corrected chi connectivity index (χ0v) is 27.1. The van der Waals surface area contributed by atoms with Crippen LogP contribution in [0.25, 0.3) is 33.6 Å². The number of halogens is 1. The normalized spacial score (nSPS) is 13.6. The number of nitrogens with one attached hydrogen (secondary N) is 3. The van der Waals surface area contributed by atoms with E-state index in [0.717, 1.165) is 74.5 Å². The highest BCUT2D eigenvalue weighted by molar-refractivity contribution is 5.94. The monoisotopic (exact) mass is 592 g/mol. The quantitative estimate of drug-likeness (QED) is 0.136. The predicted molar refractivity (Wildman–Crippen MR) is 184 cm³/mol. The number of hydrogen-bond donors (Lipinski definition) is 3. The molecule has 6 nitrogen and oxygen atoms in total. The third-order valence-electron chi connectivity index (χ3n) is 7.71. The molecule has 0 radical (unpaired) electrons. The summed E-state index contributed by atoms with van der Waals surface area (Å²) in [4.78, 5) is 10.3. The summed E-state index contributed by atoms with van der Waals surface area (Å²) in [7, 11) is 4.11.